The van der Waals surface area contributed by atoms with Crippen LogP contribution in [0.1, 0.15) is 26.3 Å². The Hall–Kier alpha value is -0.133. The molecule has 106 valence electrons. The molecule has 1 atom stereocenters. The summed E-state index contributed by atoms with van der Waals surface area (Å²) in [6.45, 7) is 11.5. The fourth-order valence-corrected chi connectivity index (χ4v) is 3.37. The highest BCUT2D eigenvalue weighted by Gasteiger charge is 2.38. The van der Waals surface area contributed by atoms with E-state index in [-0.39, 0.29) is 11.1 Å². The quantitative estimate of drug-likeness (QED) is 0.473. The molecule has 1 unspecified atom stereocenters. The Balaban J connectivity index is 2.80. The second kappa shape index (κ2) is 7.04. The lowest BCUT2D eigenvalue weighted by molar-refractivity contribution is 0.225. The van der Waals surface area contributed by atoms with Gasteiger partial charge in [0.25, 0.3) is 0 Å². The lowest BCUT2D eigenvalue weighted by atomic mass is 10.1. The minimum atomic E-state index is -1.71. The Labute approximate surface area is 132 Å². The molecule has 0 saturated heterocycles. The van der Waals surface area contributed by atoms with Gasteiger partial charge in [-0.05, 0) is 27.8 Å². The molecule has 0 fully saturated rings. The molecular formula is C16H25IOSi. The van der Waals surface area contributed by atoms with Gasteiger partial charge in [0, 0.05) is 6.42 Å². The Morgan fingerprint density at radius 1 is 1.21 bits per heavy atom. The Bertz CT molecular complexity index is 407. The lowest BCUT2D eigenvalue weighted by Crippen LogP contribution is -2.44. The third-order valence-electron chi connectivity index (χ3n) is 3.82. The standard InChI is InChI=1S/C16H25IOSi/c1-16(2,3)19(4,5)18-15(11-12-17)13-14-9-7-6-8-10-14/h6-12,15H,13H2,1-5H3/b12-11+. The van der Waals surface area contributed by atoms with Crippen LogP contribution in [0.5, 0.6) is 0 Å². The van der Waals surface area contributed by atoms with Gasteiger partial charge in [0.05, 0.1) is 6.10 Å². The van der Waals surface area contributed by atoms with Gasteiger partial charge in [-0.3, -0.25) is 0 Å². The first-order valence-corrected chi connectivity index (χ1v) is 10.9. The number of hydrogen-bond acceptors (Lipinski definition) is 1. The molecule has 0 heterocycles. The van der Waals surface area contributed by atoms with Gasteiger partial charge in [0.2, 0.25) is 0 Å². The zero-order valence-corrected chi connectivity index (χ0v) is 15.8. The van der Waals surface area contributed by atoms with Gasteiger partial charge in [-0.15, -0.1) is 0 Å². The second-order valence-corrected chi connectivity index (χ2v) is 11.9. The van der Waals surface area contributed by atoms with E-state index in [0.717, 1.165) is 6.42 Å². The number of rotatable bonds is 5. The minimum Gasteiger partial charge on any atom is -0.410 e. The smallest absolute Gasteiger partial charge is 0.192 e. The summed E-state index contributed by atoms with van der Waals surface area (Å²) in [4.78, 5) is 0. The average Bonchev–Trinajstić information content (AvgIpc) is 2.28. The van der Waals surface area contributed by atoms with Crippen LogP contribution in [0, 0.1) is 0 Å². The summed E-state index contributed by atoms with van der Waals surface area (Å²) in [6, 6.07) is 10.6. The van der Waals surface area contributed by atoms with Gasteiger partial charge in [-0.2, -0.15) is 0 Å². The van der Waals surface area contributed by atoms with Gasteiger partial charge < -0.3 is 4.43 Å². The van der Waals surface area contributed by atoms with Crippen LogP contribution in [-0.2, 0) is 10.8 Å². The molecule has 0 amide bonds. The van der Waals surface area contributed by atoms with Crippen molar-refractivity contribution in [1.29, 1.82) is 0 Å². The van der Waals surface area contributed by atoms with E-state index >= 15 is 0 Å². The van der Waals surface area contributed by atoms with Crippen LogP contribution in [0.3, 0.4) is 0 Å². The predicted molar refractivity (Wildman–Crippen MR) is 95.4 cm³/mol. The van der Waals surface area contributed by atoms with Crippen LogP contribution in [0.2, 0.25) is 18.1 Å². The van der Waals surface area contributed by atoms with Gasteiger partial charge in [-0.25, -0.2) is 0 Å². The number of benzene rings is 1. The molecule has 0 spiro atoms. The predicted octanol–water partition coefficient (Wildman–Crippen LogP) is 5.57. The van der Waals surface area contributed by atoms with Crippen LogP contribution >= 0.6 is 22.6 Å². The van der Waals surface area contributed by atoms with E-state index in [1.54, 1.807) is 0 Å². The molecule has 3 heteroatoms. The maximum atomic E-state index is 6.49. The summed E-state index contributed by atoms with van der Waals surface area (Å²) in [7, 11) is -1.71. The van der Waals surface area contributed by atoms with Crippen molar-refractivity contribution in [3.63, 3.8) is 0 Å². The van der Waals surface area contributed by atoms with Crippen molar-refractivity contribution in [3.05, 3.63) is 46.1 Å². The van der Waals surface area contributed by atoms with Crippen LogP contribution < -0.4 is 0 Å². The monoisotopic (exact) mass is 388 g/mol. The molecule has 1 aromatic rings. The van der Waals surface area contributed by atoms with Crippen LogP contribution in [-0.4, -0.2) is 14.4 Å². The second-order valence-electron chi connectivity index (χ2n) is 6.42. The SMILES string of the molecule is CC(C)(C)[Si](C)(C)OC(/C=C/I)Cc1ccccc1. The first-order chi connectivity index (χ1) is 8.76. The first kappa shape index (κ1) is 16.9. The molecule has 0 aliphatic carbocycles. The fourth-order valence-electron chi connectivity index (χ4n) is 1.63. The van der Waals surface area contributed by atoms with E-state index in [9.17, 15) is 0 Å². The number of hydrogen-bond donors (Lipinski definition) is 0. The Morgan fingerprint density at radius 3 is 2.26 bits per heavy atom. The summed E-state index contributed by atoms with van der Waals surface area (Å²) in [6.07, 6.45) is 3.31. The van der Waals surface area contributed by atoms with Gasteiger partial charge in [-0.1, -0.05) is 79.8 Å². The molecule has 0 aliphatic heterocycles. The van der Waals surface area contributed by atoms with Crippen LogP contribution in [0.4, 0.5) is 0 Å². The molecule has 0 radical (unpaired) electrons. The highest BCUT2D eigenvalue weighted by molar-refractivity contribution is 14.1. The van der Waals surface area contributed by atoms with Crippen molar-refractivity contribution in [3.8, 4) is 0 Å². The third kappa shape index (κ3) is 5.40. The van der Waals surface area contributed by atoms with Crippen molar-refractivity contribution < 1.29 is 4.43 Å². The Morgan fingerprint density at radius 2 is 1.79 bits per heavy atom. The van der Waals surface area contributed by atoms with Gasteiger partial charge in [0.1, 0.15) is 0 Å². The summed E-state index contributed by atoms with van der Waals surface area (Å²) in [5.41, 5.74) is 1.33. The molecule has 1 nitrogen and oxygen atoms in total. The fraction of sp³-hybridized carbons (Fsp3) is 0.500. The largest absolute Gasteiger partial charge is 0.410 e. The number of halogens is 1. The zero-order chi connectivity index (χ0) is 14.5. The first-order valence-electron chi connectivity index (χ1n) is 6.75. The van der Waals surface area contributed by atoms with Crippen molar-refractivity contribution >= 4 is 30.9 Å². The van der Waals surface area contributed by atoms with Crippen molar-refractivity contribution in [2.45, 2.75) is 51.4 Å². The minimum absolute atomic E-state index is 0.181. The molecule has 19 heavy (non-hydrogen) atoms. The highest BCUT2D eigenvalue weighted by Crippen LogP contribution is 2.37. The molecule has 0 saturated carbocycles. The van der Waals surface area contributed by atoms with E-state index in [0.29, 0.717) is 0 Å². The Kier molecular flexibility index (Phi) is 6.27. The van der Waals surface area contributed by atoms with E-state index in [2.05, 4.69) is 96.9 Å². The average molecular weight is 388 g/mol. The third-order valence-corrected chi connectivity index (χ3v) is 8.74. The van der Waals surface area contributed by atoms with Gasteiger partial charge >= 0.3 is 0 Å². The van der Waals surface area contributed by atoms with Crippen molar-refractivity contribution in [2.24, 2.45) is 0 Å². The summed E-state index contributed by atoms with van der Waals surface area (Å²) < 4.78 is 8.56. The molecule has 0 N–H and O–H groups in total. The summed E-state index contributed by atoms with van der Waals surface area (Å²) in [5.74, 6) is 0. The topological polar surface area (TPSA) is 9.23 Å². The van der Waals surface area contributed by atoms with Crippen LogP contribution in [0.15, 0.2) is 40.5 Å². The van der Waals surface area contributed by atoms with Gasteiger partial charge in [0.15, 0.2) is 8.32 Å². The van der Waals surface area contributed by atoms with Crippen LogP contribution in [0.25, 0.3) is 0 Å². The normalized spacial score (nSPS) is 14.8. The van der Waals surface area contributed by atoms with E-state index in [1.807, 2.05) is 0 Å². The zero-order valence-electron chi connectivity index (χ0n) is 12.6. The summed E-state index contributed by atoms with van der Waals surface area (Å²) in [5, 5.41) is 0.251. The molecule has 1 rings (SSSR count). The molecule has 1 aromatic carbocycles. The van der Waals surface area contributed by atoms with Crippen molar-refractivity contribution in [1.82, 2.24) is 0 Å². The van der Waals surface area contributed by atoms with E-state index < -0.39 is 8.32 Å². The van der Waals surface area contributed by atoms with Crippen molar-refractivity contribution in [2.75, 3.05) is 0 Å². The molecule has 0 aliphatic rings. The highest BCUT2D eigenvalue weighted by atomic mass is 127. The molecule has 0 bridgehead atoms. The maximum Gasteiger partial charge on any atom is 0.192 e. The molecule has 0 aromatic heterocycles. The maximum absolute atomic E-state index is 6.49. The molecular weight excluding hydrogens is 363 g/mol. The summed E-state index contributed by atoms with van der Waals surface area (Å²) >= 11 is 2.27. The lowest BCUT2D eigenvalue weighted by Gasteiger charge is -2.38. The van der Waals surface area contributed by atoms with E-state index in [4.69, 9.17) is 4.43 Å². The van der Waals surface area contributed by atoms with E-state index in [1.165, 1.54) is 5.56 Å².